The highest BCUT2D eigenvalue weighted by Gasteiger charge is 2.31. The van der Waals surface area contributed by atoms with E-state index in [0.717, 1.165) is 17.2 Å². The maximum atomic E-state index is 3.73. The number of thioether (sulfide) groups is 1. The third kappa shape index (κ3) is 3.99. The van der Waals surface area contributed by atoms with Crippen molar-refractivity contribution in [3.63, 3.8) is 0 Å². The minimum absolute atomic E-state index is 0.829. The molecule has 2 aliphatic carbocycles. The van der Waals surface area contributed by atoms with Crippen molar-refractivity contribution >= 4 is 11.8 Å². The summed E-state index contributed by atoms with van der Waals surface area (Å²) < 4.78 is 0. The highest BCUT2D eigenvalue weighted by Crippen LogP contribution is 2.36. The molecule has 0 heterocycles. The van der Waals surface area contributed by atoms with E-state index in [1.165, 1.54) is 57.2 Å². The van der Waals surface area contributed by atoms with E-state index < -0.39 is 0 Å². The van der Waals surface area contributed by atoms with Crippen LogP contribution in [0.15, 0.2) is 0 Å². The van der Waals surface area contributed by atoms with Crippen molar-refractivity contribution in [2.45, 2.75) is 63.2 Å². The van der Waals surface area contributed by atoms with Crippen LogP contribution in [0.4, 0.5) is 0 Å². The molecule has 2 aliphatic rings. The van der Waals surface area contributed by atoms with E-state index in [1.807, 2.05) is 0 Å². The third-order valence-electron chi connectivity index (χ3n) is 3.66. The Kier molecular flexibility index (Phi) is 4.83. The predicted molar refractivity (Wildman–Crippen MR) is 69.5 cm³/mol. The third-order valence-corrected chi connectivity index (χ3v) is 5.16. The number of hydrogen-bond donors (Lipinski definition) is 1. The van der Waals surface area contributed by atoms with Crippen molar-refractivity contribution in [1.29, 1.82) is 0 Å². The molecule has 2 fully saturated rings. The Balaban J connectivity index is 1.64. The number of hydrogen-bond acceptors (Lipinski definition) is 2. The van der Waals surface area contributed by atoms with Gasteiger partial charge in [-0.3, -0.25) is 0 Å². The predicted octanol–water partition coefficient (Wildman–Crippen LogP) is 3.44. The minimum atomic E-state index is 0.829. The molecule has 15 heavy (non-hydrogen) atoms. The van der Waals surface area contributed by atoms with Gasteiger partial charge in [-0.1, -0.05) is 19.8 Å². The number of rotatable bonds is 7. The molecule has 1 atom stereocenters. The molecule has 0 aromatic rings. The van der Waals surface area contributed by atoms with E-state index in [2.05, 4.69) is 24.0 Å². The van der Waals surface area contributed by atoms with Gasteiger partial charge in [-0.15, -0.1) is 0 Å². The van der Waals surface area contributed by atoms with Crippen molar-refractivity contribution in [3.05, 3.63) is 0 Å². The fourth-order valence-corrected chi connectivity index (χ4v) is 4.02. The van der Waals surface area contributed by atoms with Crippen molar-refractivity contribution in [3.8, 4) is 0 Å². The molecule has 1 nitrogen and oxygen atoms in total. The van der Waals surface area contributed by atoms with E-state index in [-0.39, 0.29) is 0 Å². The number of nitrogens with one attached hydrogen (secondary N) is 1. The average Bonchev–Trinajstić information content (AvgIpc) is 2.95. The van der Waals surface area contributed by atoms with E-state index in [9.17, 15) is 0 Å². The Morgan fingerprint density at radius 2 is 1.93 bits per heavy atom. The van der Waals surface area contributed by atoms with E-state index in [4.69, 9.17) is 0 Å². The molecule has 0 saturated heterocycles. The van der Waals surface area contributed by atoms with Gasteiger partial charge in [-0.25, -0.2) is 0 Å². The van der Waals surface area contributed by atoms with Crippen LogP contribution in [0.3, 0.4) is 0 Å². The normalized spacial score (nSPS) is 24.6. The quantitative estimate of drug-likeness (QED) is 0.715. The van der Waals surface area contributed by atoms with E-state index >= 15 is 0 Å². The van der Waals surface area contributed by atoms with Gasteiger partial charge in [0.25, 0.3) is 0 Å². The Bertz CT molecular complexity index is 173. The fraction of sp³-hybridized carbons (Fsp3) is 1.00. The molecule has 0 aliphatic heterocycles. The molecular formula is C13H25NS. The fourth-order valence-electron chi connectivity index (χ4n) is 2.48. The highest BCUT2D eigenvalue weighted by atomic mass is 32.2. The van der Waals surface area contributed by atoms with Crippen molar-refractivity contribution < 1.29 is 0 Å². The topological polar surface area (TPSA) is 12.0 Å². The molecule has 1 N–H and O–H groups in total. The largest absolute Gasteiger partial charge is 0.313 e. The van der Waals surface area contributed by atoms with Crippen LogP contribution < -0.4 is 5.32 Å². The van der Waals surface area contributed by atoms with Gasteiger partial charge in [0.2, 0.25) is 0 Å². The Hall–Kier alpha value is 0.310. The zero-order chi connectivity index (χ0) is 10.5. The van der Waals surface area contributed by atoms with Gasteiger partial charge >= 0.3 is 0 Å². The summed E-state index contributed by atoms with van der Waals surface area (Å²) in [5, 5.41) is 4.73. The van der Waals surface area contributed by atoms with Gasteiger partial charge < -0.3 is 5.32 Å². The van der Waals surface area contributed by atoms with Crippen LogP contribution in [0, 0.1) is 5.92 Å². The van der Waals surface area contributed by atoms with Gasteiger partial charge in [0.05, 0.1) is 0 Å². The molecule has 0 spiro atoms. The maximum Gasteiger partial charge on any atom is 0.0186 e. The summed E-state index contributed by atoms with van der Waals surface area (Å²) in [5.41, 5.74) is 0. The monoisotopic (exact) mass is 227 g/mol. The van der Waals surface area contributed by atoms with Crippen LogP contribution in [0.5, 0.6) is 0 Å². The zero-order valence-corrected chi connectivity index (χ0v) is 10.8. The molecular weight excluding hydrogens is 202 g/mol. The first kappa shape index (κ1) is 11.8. The van der Waals surface area contributed by atoms with Crippen LogP contribution >= 0.6 is 11.8 Å². The minimum Gasteiger partial charge on any atom is -0.313 e. The van der Waals surface area contributed by atoms with Gasteiger partial charge in [-0.2, -0.15) is 11.8 Å². The average molecular weight is 227 g/mol. The molecule has 88 valence electrons. The lowest BCUT2D eigenvalue weighted by atomic mass is 10.2. The summed E-state index contributed by atoms with van der Waals surface area (Å²) >= 11 is 2.25. The zero-order valence-electron chi connectivity index (χ0n) is 10.0. The molecule has 0 bridgehead atoms. The Labute approximate surface area is 98.8 Å². The van der Waals surface area contributed by atoms with Crippen molar-refractivity contribution in [1.82, 2.24) is 5.32 Å². The first-order valence-corrected chi connectivity index (χ1v) is 7.80. The lowest BCUT2D eigenvalue weighted by Crippen LogP contribution is -2.34. The maximum absolute atomic E-state index is 3.73. The van der Waals surface area contributed by atoms with Crippen LogP contribution in [-0.4, -0.2) is 23.6 Å². The second-order valence-corrected chi connectivity index (χ2v) is 6.47. The second-order valence-electron chi connectivity index (χ2n) is 5.14. The molecule has 1 unspecified atom stereocenters. The van der Waals surface area contributed by atoms with Gasteiger partial charge in [0.1, 0.15) is 0 Å². The van der Waals surface area contributed by atoms with E-state index in [0.29, 0.717) is 0 Å². The summed E-state index contributed by atoms with van der Waals surface area (Å²) in [5.74, 6) is 2.39. The lowest BCUT2D eigenvalue weighted by Gasteiger charge is -2.19. The first-order chi connectivity index (χ1) is 7.40. The second kappa shape index (κ2) is 6.15. The summed E-state index contributed by atoms with van der Waals surface area (Å²) in [6.07, 6.45) is 10.2. The SMILES string of the molecule is CCCNC(CSC1CCCC1)C1CC1. The molecule has 0 radical (unpaired) electrons. The molecule has 0 aromatic carbocycles. The summed E-state index contributed by atoms with van der Waals surface area (Å²) in [6.45, 7) is 3.48. The van der Waals surface area contributed by atoms with Crippen molar-refractivity contribution in [2.24, 2.45) is 5.92 Å². The molecule has 0 aromatic heterocycles. The van der Waals surface area contributed by atoms with Crippen LogP contribution in [0.1, 0.15) is 51.9 Å². The van der Waals surface area contributed by atoms with Crippen LogP contribution in [0.2, 0.25) is 0 Å². The lowest BCUT2D eigenvalue weighted by molar-refractivity contribution is 0.502. The van der Waals surface area contributed by atoms with Crippen LogP contribution in [-0.2, 0) is 0 Å². The van der Waals surface area contributed by atoms with Crippen molar-refractivity contribution in [2.75, 3.05) is 12.3 Å². The standard InChI is InChI=1S/C13H25NS/c1-2-9-14-13(11-7-8-11)10-15-12-5-3-4-6-12/h11-14H,2-10H2,1H3. The van der Waals surface area contributed by atoms with E-state index in [1.54, 1.807) is 0 Å². The summed E-state index contributed by atoms with van der Waals surface area (Å²) in [4.78, 5) is 0. The van der Waals surface area contributed by atoms with Gasteiger partial charge in [0.15, 0.2) is 0 Å². The molecule has 2 rings (SSSR count). The summed E-state index contributed by atoms with van der Waals surface area (Å²) in [6, 6.07) is 0.829. The molecule has 0 amide bonds. The van der Waals surface area contributed by atoms with Crippen LogP contribution in [0.25, 0.3) is 0 Å². The van der Waals surface area contributed by atoms with Gasteiger partial charge in [0, 0.05) is 17.0 Å². The highest BCUT2D eigenvalue weighted by molar-refractivity contribution is 7.99. The summed E-state index contributed by atoms with van der Waals surface area (Å²) in [7, 11) is 0. The Morgan fingerprint density at radius 1 is 1.20 bits per heavy atom. The molecule has 2 heteroatoms. The van der Waals surface area contributed by atoms with Gasteiger partial charge in [-0.05, 0) is 44.6 Å². The smallest absolute Gasteiger partial charge is 0.0186 e. The first-order valence-electron chi connectivity index (χ1n) is 6.75. The molecule has 2 saturated carbocycles. The Morgan fingerprint density at radius 3 is 2.53 bits per heavy atom.